The Morgan fingerprint density at radius 3 is 2.67 bits per heavy atom. The van der Waals surface area contributed by atoms with Crippen LogP contribution in [0.2, 0.25) is 5.02 Å². The van der Waals surface area contributed by atoms with Crippen molar-refractivity contribution >= 4 is 44.0 Å². The van der Waals surface area contributed by atoms with Crippen molar-refractivity contribution in [2.75, 3.05) is 11.9 Å². The number of carbonyl (C=O) groups is 1. The van der Waals surface area contributed by atoms with E-state index in [4.69, 9.17) is 11.6 Å². The van der Waals surface area contributed by atoms with Crippen LogP contribution >= 0.6 is 22.9 Å². The molecule has 0 radical (unpaired) electrons. The van der Waals surface area contributed by atoms with Crippen LogP contribution in [0.25, 0.3) is 0 Å². The maximum Gasteiger partial charge on any atom is 0.269 e. The molecule has 0 aliphatic rings. The molecule has 2 rings (SSSR count). The highest BCUT2D eigenvalue weighted by Gasteiger charge is 2.21. The number of carbonyl (C=O) groups excluding carboxylic acids is 1. The number of halogens is 1. The van der Waals surface area contributed by atoms with Crippen LogP contribution in [0.4, 0.5) is 5.13 Å². The second kappa shape index (κ2) is 8.02. The third-order valence-electron chi connectivity index (χ3n) is 2.99. The van der Waals surface area contributed by atoms with Crippen molar-refractivity contribution in [2.45, 2.75) is 24.6 Å². The first kappa shape index (κ1) is 18.8. The van der Waals surface area contributed by atoms with Crippen LogP contribution in [0.5, 0.6) is 0 Å². The van der Waals surface area contributed by atoms with Gasteiger partial charge in [-0.25, -0.2) is 13.1 Å². The Morgan fingerprint density at radius 1 is 1.29 bits per heavy atom. The molecule has 0 spiro atoms. The lowest BCUT2D eigenvalue weighted by Crippen LogP contribution is -2.25. The molecule has 24 heavy (non-hydrogen) atoms. The molecular weight excluding hydrogens is 372 g/mol. The molecule has 0 fully saturated rings. The summed E-state index contributed by atoms with van der Waals surface area (Å²) in [6.07, 6.45) is 0.716. The molecule has 130 valence electrons. The molecule has 1 heterocycles. The molecule has 1 amide bonds. The van der Waals surface area contributed by atoms with Gasteiger partial charge >= 0.3 is 0 Å². The van der Waals surface area contributed by atoms with Gasteiger partial charge in [-0.15, -0.1) is 10.2 Å². The smallest absolute Gasteiger partial charge is 0.269 e. The van der Waals surface area contributed by atoms with Crippen LogP contribution in [-0.2, 0) is 10.0 Å². The number of sulfonamides is 1. The molecule has 0 saturated carbocycles. The average molecular weight is 389 g/mol. The molecule has 7 nitrogen and oxygen atoms in total. The zero-order valence-electron chi connectivity index (χ0n) is 13.1. The van der Waals surface area contributed by atoms with Gasteiger partial charge < -0.3 is 0 Å². The maximum absolute atomic E-state index is 12.1. The summed E-state index contributed by atoms with van der Waals surface area (Å²) in [6, 6.07) is 6.53. The summed E-state index contributed by atoms with van der Waals surface area (Å²) in [5, 5.41) is 10.2. The highest BCUT2D eigenvalue weighted by molar-refractivity contribution is 7.91. The molecule has 0 aliphatic carbocycles. The normalized spacial score (nSPS) is 11.7. The van der Waals surface area contributed by atoms with E-state index in [9.17, 15) is 13.2 Å². The van der Waals surface area contributed by atoms with Gasteiger partial charge in [-0.05, 0) is 24.5 Å². The van der Waals surface area contributed by atoms with Crippen LogP contribution in [0.15, 0.2) is 28.6 Å². The summed E-state index contributed by atoms with van der Waals surface area (Å²) in [4.78, 5) is 12.1. The minimum atomic E-state index is -3.73. The number of rotatable bonds is 7. The minimum Gasteiger partial charge on any atom is -0.296 e. The van der Waals surface area contributed by atoms with E-state index >= 15 is 0 Å². The van der Waals surface area contributed by atoms with E-state index in [1.807, 2.05) is 13.8 Å². The molecule has 2 aromatic rings. The fourth-order valence-electron chi connectivity index (χ4n) is 1.72. The quantitative estimate of drug-likeness (QED) is 0.710. The number of nitrogens with zero attached hydrogens (tertiary/aromatic N) is 2. The summed E-state index contributed by atoms with van der Waals surface area (Å²) in [5.74, 6) is -0.0962. The van der Waals surface area contributed by atoms with E-state index in [0.29, 0.717) is 23.9 Å². The second-order valence-electron chi connectivity index (χ2n) is 5.39. The van der Waals surface area contributed by atoms with E-state index in [2.05, 4.69) is 20.2 Å². The Morgan fingerprint density at radius 2 is 2.00 bits per heavy atom. The molecule has 1 aromatic carbocycles. The molecule has 10 heteroatoms. The minimum absolute atomic E-state index is 0.0872. The van der Waals surface area contributed by atoms with E-state index < -0.39 is 15.9 Å². The van der Waals surface area contributed by atoms with Crippen LogP contribution in [0.1, 0.15) is 30.6 Å². The third kappa shape index (κ3) is 4.97. The van der Waals surface area contributed by atoms with Crippen molar-refractivity contribution in [2.24, 2.45) is 5.92 Å². The molecule has 0 saturated heterocycles. The number of hydrogen-bond donors (Lipinski definition) is 2. The van der Waals surface area contributed by atoms with Gasteiger partial charge in [0.15, 0.2) is 0 Å². The van der Waals surface area contributed by atoms with Crippen LogP contribution in [0, 0.1) is 5.92 Å². The van der Waals surface area contributed by atoms with Crippen molar-refractivity contribution in [3.05, 3.63) is 34.9 Å². The Bertz CT molecular complexity index is 821. The van der Waals surface area contributed by atoms with Crippen molar-refractivity contribution in [3.63, 3.8) is 0 Å². The number of aromatic nitrogens is 2. The summed E-state index contributed by atoms with van der Waals surface area (Å²) in [6.45, 7) is 4.32. The third-order valence-corrected chi connectivity index (χ3v) is 5.99. The number of anilines is 1. The molecule has 0 atom stereocenters. The number of benzene rings is 1. The Balaban J connectivity index is 2.05. The van der Waals surface area contributed by atoms with Crippen LogP contribution in [-0.4, -0.2) is 31.1 Å². The zero-order valence-corrected chi connectivity index (χ0v) is 15.5. The SMILES string of the molecule is CC(C)CCNS(=O)(=O)c1nnc(NC(=O)c2ccccc2Cl)s1. The highest BCUT2D eigenvalue weighted by atomic mass is 35.5. The van der Waals surface area contributed by atoms with Gasteiger partial charge in [0.2, 0.25) is 9.47 Å². The van der Waals surface area contributed by atoms with Gasteiger partial charge in [0.05, 0.1) is 10.6 Å². The zero-order chi connectivity index (χ0) is 17.7. The van der Waals surface area contributed by atoms with E-state index in [1.165, 1.54) is 0 Å². The predicted octanol–water partition coefficient (Wildman–Crippen LogP) is 2.77. The lowest BCUT2D eigenvalue weighted by molar-refractivity contribution is 0.102. The first-order valence-corrected chi connectivity index (χ1v) is 9.86. The monoisotopic (exact) mass is 388 g/mol. The van der Waals surface area contributed by atoms with E-state index in [1.54, 1.807) is 24.3 Å². The number of amides is 1. The Labute approximate surface area is 149 Å². The first-order valence-electron chi connectivity index (χ1n) is 7.18. The number of hydrogen-bond acceptors (Lipinski definition) is 6. The average Bonchev–Trinajstić information content (AvgIpc) is 2.96. The van der Waals surface area contributed by atoms with Crippen LogP contribution < -0.4 is 10.0 Å². The van der Waals surface area contributed by atoms with Gasteiger partial charge in [-0.2, -0.15) is 0 Å². The standard InChI is InChI=1S/C14H17ClN4O3S2/c1-9(2)7-8-16-24(21,22)14-19-18-13(23-14)17-12(20)10-5-3-4-6-11(10)15/h3-6,9,16H,7-8H2,1-2H3,(H,17,18,20). The topological polar surface area (TPSA) is 101 Å². The van der Waals surface area contributed by atoms with Gasteiger partial charge in [-0.3, -0.25) is 10.1 Å². The lowest BCUT2D eigenvalue weighted by atomic mass is 10.1. The highest BCUT2D eigenvalue weighted by Crippen LogP contribution is 2.22. The second-order valence-corrected chi connectivity index (χ2v) is 8.71. The van der Waals surface area contributed by atoms with Crippen molar-refractivity contribution in [1.82, 2.24) is 14.9 Å². The van der Waals surface area contributed by atoms with Gasteiger partial charge in [-0.1, -0.05) is 48.9 Å². The molecule has 0 unspecified atom stereocenters. The fourth-order valence-corrected chi connectivity index (χ4v) is 3.93. The molecule has 1 aromatic heterocycles. The molecule has 0 bridgehead atoms. The van der Waals surface area contributed by atoms with Gasteiger partial charge in [0, 0.05) is 6.54 Å². The maximum atomic E-state index is 12.1. The summed E-state index contributed by atoms with van der Waals surface area (Å²) < 4.78 is 26.5. The van der Waals surface area contributed by atoms with Gasteiger partial charge in [0.25, 0.3) is 15.9 Å². The van der Waals surface area contributed by atoms with E-state index in [0.717, 1.165) is 11.3 Å². The van der Waals surface area contributed by atoms with Crippen molar-refractivity contribution in [1.29, 1.82) is 0 Å². The Kier molecular flexibility index (Phi) is 6.27. The predicted molar refractivity (Wildman–Crippen MR) is 94.0 cm³/mol. The van der Waals surface area contributed by atoms with Crippen molar-refractivity contribution < 1.29 is 13.2 Å². The summed E-state index contributed by atoms with van der Waals surface area (Å²) in [7, 11) is -3.73. The Hall–Kier alpha value is -1.55. The van der Waals surface area contributed by atoms with Gasteiger partial charge in [0.1, 0.15) is 0 Å². The van der Waals surface area contributed by atoms with Crippen LogP contribution in [0.3, 0.4) is 0 Å². The molecule has 0 aliphatic heterocycles. The largest absolute Gasteiger partial charge is 0.296 e. The first-order chi connectivity index (χ1) is 11.3. The molecule has 2 N–H and O–H groups in total. The van der Waals surface area contributed by atoms with Crippen molar-refractivity contribution in [3.8, 4) is 0 Å². The number of nitrogens with one attached hydrogen (secondary N) is 2. The summed E-state index contributed by atoms with van der Waals surface area (Å²) in [5.41, 5.74) is 0.272. The fraction of sp³-hybridized carbons (Fsp3) is 0.357. The lowest BCUT2D eigenvalue weighted by Gasteiger charge is -2.05. The van der Waals surface area contributed by atoms with E-state index in [-0.39, 0.29) is 15.0 Å². The molecular formula is C14H17ClN4O3S2. The summed E-state index contributed by atoms with van der Waals surface area (Å²) >= 11 is 6.73.